The normalized spacial score (nSPS) is 12.2. The van der Waals surface area contributed by atoms with Gasteiger partial charge in [-0.15, -0.1) is 0 Å². The minimum atomic E-state index is -0.775. The van der Waals surface area contributed by atoms with Gasteiger partial charge >= 0.3 is 11.9 Å². The molecule has 0 aliphatic heterocycles. The molecule has 0 rings (SSSR count). The first-order valence-electron chi connectivity index (χ1n) is 27.9. The van der Waals surface area contributed by atoms with Crippen LogP contribution in [0.1, 0.15) is 309 Å². The predicted octanol–water partition coefficient (Wildman–Crippen LogP) is 18.5. The molecule has 0 spiro atoms. The van der Waals surface area contributed by atoms with Gasteiger partial charge in [-0.25, -0.2) is 0 Å². The first-order chi connectivity index (χ1) is 30.6. The average molecular weight is 873 g/mol. The van der Waals surface area contributed by atoms with Crippen molar-refractivity contribution in [2.75, 3.05) is 13.2 Å². The van der Waals surface area contributed by atoms with Crippen LogP contribution < -0.4 is 0 Å². The lowest BCUT2D eigenvalue weighted by Crippen LogP contribution is -2.28. The van der Waals surface area contributed by atoms with Crippen molar-refractivity contribution >= 4 is 11.9 Å². The summed E-state index contributed by atoms with van der Waals surface area (Å²) in [5.41, 5.74) is 0. The topological polar surface area (TPSA) is 72.8 Å². The Bertz CT molecular complexity index is 943. The molecule has 366 valence electrons. The molecule has 0 aromatic rings. The first kappa shape index (κ1) is 60.4. The molecule has 1 unspecified atom stereocenters. The Morgan fingerprint density at radius 1 is 0.371 bits per heavy atom. The Kier molecular flexibility index (Phi) is 52.3. The smallest absolute Gasteiger partial charge is 0.306 e. The molecule has 1 N–H and O–H groups in total. The lowest BCUT2D eigenvalue weighted by atomic mass is 10.0. The zero-order valence-corrected chi connectivity index (χ0v) is 41.9. The van der Waals surface area contributed by atoms with Gasteiger partial charge < -0.3 is 14.6 Å². The molecule has 0 aliphatic rings. The fraction of sp³-hybridized carbons (Fsp3) is 0.895. The highest BCUT2D eigenvalue weighted by Gasteiger charge is 2.16. The number of carbonyl (C=O) groups excluding carboxylic acids is 2. The van der Waals surface area contributed by atoms with Crippen LogP contribution in [0.15, 0.2) is 24.3 Å². The quantitative estimate of drug-likeness (QED) is 0.0374. The molecule has 62 heavy (non-hydrogen) atoms. The van der Waals surface area contributed by atoms with Crippen LogP contribution in [0.3, 0.4) is 0 Å². The number of carbonyl (C=O) groups is 2. The van der Waals surface area contributed by atoms with Gasteiger partial charge in [-0.05, 0) is 38.5 Å². The van der Waals surface area contributed by atoms with E-state index in [-0.39, 0.29) is 25.2 Å². The number of unbranched alkanes of at least 4 members (excludes halogenated alkanes) is 40. The van der Waals surface area contributed by atoms with Crippen molar-refractivity contribution in [1.29, 1.82) is 0 Å². The minimum absolute atomic E-state index is 0.0667. The maximum atomic E-state index is 12.2. The third-order valence-electron chi connectivity index (χ3n) is 12.7. The van der Waals surface area contributed by atoms with Gasteiger partial charge in [0.25, 0.3) is 0 Å². The first-order valence-corrected chi connectivity index (χ1v) is 27.9. The number of esters is 2. The van der Waals surface area contributed by atoms with E-state index in [0.717, 1.165) is 51.4 Å². The van der Waals surface area contributed by atoms with E-state index in [9.17, 15) is 14.7 Å². The lowest BCUT2D eigenvalue weighted by Gasteiger charge is -2.15. The van der Waals surface area contributed by atoms with Crippen LogP contribution >= 0.6 is 0 Å². The van der Waals surface area contributed by atoms with E-state index in [0.29, 0.717) is 12.8 Å². The van der Waals surface area contributed by atoms with Crippen molar-refractivity contribution in [3.05, 3.63) is 24.3 Å². The largest absolute Gasteiger partial charge is 0.462 e. The SMILES string of the molecule is CCCC/C=C\C/C=C\CCCCCCCC(=O)OC(CO)COC(=O)CCCCCCCCCCCCCCCCCCCCCCCCCCCCCCCCCCCC. The van der Waals surface area contributed by atoms with Crippen LogP contribution in [0, 0.1) is 0 Å². The highest BCUT2D eigenvalue weighted by Crippen LogP contribution is 2.18. The molecular weight excluding hydrogens is 765 g/mol. The molecule has 0 aliphatic carbocycles. The van der Waals surface area contributed by atoms with Crippen LogP contribution in [-0.4, -0.2) is 36.4 Å². The summed E-state index contributed by atoms with van der Waals surface area (Å²) >= 11 is 0. The Balaban J connectivity index is 3.36. The Morgan fingerprint density at radius 2 is 0.661 bits per heavy atom. The average Bonchev–Trinajstić information content (AvgIpc) is 3.28. The van der Waals surface area contributed by atoms with Crippen molar-refractivity contribution in [3.8, 4) is 0 Å². The van der Waals surface area contributed by atoms with E-state index < -0.39 is 6.10 Å². The van der Waals surface area contributed by atoms with E-state index in [2.05, 4.69) is 38.2 Å². The van der Waals surface area contributed by atoms with Crippen LogP contribution in [-0.2, 0) is 19.1 Å². The second-order valence-corrected chi connectivity index (χ2v) is 19.0. The van der Waals surface area contributed by atoms with Gasteiger partial charge in [-0.3, -0.25) is 9.59 Å². The third kappa shape index (κ3) is 51.0. The monoisotopic (exact) mass is 873 g/mol. The molecule has 0 bridgehead atoms. The Labute approximate surface area is 387 Å². The summed E-state index contributed by atoms with van der Waals surface area (Å²) in [7, 11) is 0. The highest BCUT2D eigenvalue weighted by atomic mass is 16.6. The summed E-state index contributed by atoms with van der Waals surface area (Å²) in [5, 5.41) is 9.61. The van der Waals surface area contributed by atoms with Gasteiger partial charge in [0, 0.05) is 12.8 Å². The van der Waals surface area contributed by atoms with Crippen LogP contribution in [0.2, 0.25) is 0 Å². The minimum Gasteiger partial charge on any atom is -0.462 e. The van der Waals surface area contributed by atoms with E-state index >= 15 is 0 Å². The number of rotatable bonds is 52. The van der Waals surface area contributed by atoms with Gasteiger partial charge in [0.2, 0.25) is 0 Å². The fourth-order valence-corrected chi connectivity index (χ4v) is 8.52. The van der Waals surface area contributed by atoms with Crippen LogP contribution in [0.4, 0.5) is 0 Å². The Hall–Kier alpha value is -1.62. The van der Waals surface area contributed by atoms with Crippen molar-refractivity contribution in [1.82, 2.24) is 0 Å². The zero-order chi connectivity index (χ0) is 44.9. The molecule has 0 amide bonds. The fourth-order valence-electron chi connectivity index (χ4n) is 8.52. The third-order valence-corrected chi connectivity index (χ3v) is 12.7. The van der Waals surface area contributed by atoms with Crippen LogP contribution in [0.5, 0.6) is 0 Å². The van der Waals surface area contributed by atoms with Gasteiger partial charge in [0.05, 0.1) is 6.61 Å². The summed E-state index contributed by atoms with van der Waals surface area (Å²) < 4.78 is 10.7. The van der Waals surface area contributed by atoms with E-state index in [1.165, 1.54) is 231 Å². The van der Waals surface area contributed by atoms with Gasteiger partial charge in [-0.2, -0.15) is 0 Å². The number of ether oxygens (including phenoxy) is 2. The summed E-state index contributed by atoms with van der Waals surface area (Å²) in [6.45, 7) is 4.12. The summed E-state index contributed by atoms with van der Waals surface area (Å²) in [6.07, 6.45) is 67.5. The molecule has 0 aromatic heterocycles. The predicted molar refractivity (Wildman–Crippen MR) is 270 cm³/mol. The van der Waals surface area contributed by atoms with Crippen molar-refractivity contribution in [2.24, 2.45) is 0 Å². The number of allylic oxidation sites excluding steroid dienone is 4. The molecule has 0 fully saturated rings. The molecule has 0 saturated carbocycles. The number of aliphatic hydroxyl groups excluding tert-OH is 1. The molecule has 5 heteroatoms. The van der Waals surface area contributed by atoms with E-state index in [1.807, 2.05) is 0 Å². The second kappa shape index (κ2) is 53.7. The number of hydrogen-bond acceptors (Lipinski definition) is 5. The maximum Gasteiger partial charge on any atom is 0.306 e. The molecule has 0 saturated heterocycles. The molecule has 0 heterocycles. The Morgan fingerprint density at radius 3 is 1.00 bits per heavy atom. The van der Waals surface area contributed by atoms with Crippen molar-refractivity contribution in [3.63, 3.8) is 0 Å². The summed E-state index contributed by atoms with van der Waals surface area (Å²) in [6, 6.07) is 0. The van der Waals surface area contributed by atoms with Crippen molar-refractivity contribution in [2.45, 2.75) is 315 Å². The van der Waals surface area contributed by atoms with Gasteiger partial charge in [0.1, 0.15) is 6.61 Å². The van der Waals surface area contributed by atoms with Crippen LogP contribution in [0.25, 0.3) is 0 Å². The maximum absolute atomic E-state index is 12.2. The van der Waals surface area contributed by atoms with Gasteiger partial charge in [-0.1, -0.05) is 282 Å². The molecule has 5 nitrogen and oxygen atoms in total. The molecule has 1 atom stereocenters. The highest BCUT2D eigenvalue weighted by molar-refractivity contribution is 5.70. The number of hydrogen-bond donors (Lipinski definition) is 1. The standard InChI is InChI=1S/C57H108O5/c1-3-5-7-9-11-13-15-17-19-20-21-22-23-24-25-26-27-28-29-30-31-32-33-34-35-36-37-38-40-41-43-45-47-49-51-56(59)61-54-55(53-58)62-57(60)52-50-48-46-44-42-39-18-16-14-12-10-8-6-4-2/h10,12,16,18,55,58H,3-9,11,13-15,17,19-54H2,1-2H3/b12-10-,18-16-. The molecule has 0 aromatic carbocycles. The zero-order valence-electron chi connectivity index (χ0n) is 41.9. The summed E-state index contributed by atoms with van der Waals surface area (Å²) in [4.78, 5) is 24.4. The van der Waals surface area contributed by atoms with Crippen molar-refractivity contribution < 1.29 is 24.2 Å². The van der Waals surface area contributed by atoms with E-state index in [1.54, 1.807) is 0 Å². The second-order valence-electron chi connectivity index (χ2n) is 19.0. The van der Waals surface area contributed by atoms with Gasteiger partial charge in [0.15, 0.2) is 6.10 Å². The number of aliphatic hydroxyl groups is 1. The van der Waals surface area contributed by atoms with E-state index in [4.69, 9.17) is 9.47 Å². The molecular formula is C57H108O5. The molecule has 0 radical (unpaired) electrons. The lowest BCUT2D eigenvalue weighted by molar-refractivity contribution is -0.161. The summed E-state index contributed by atoms with van der Waals surface area (Å²) in [5.74, 6) is -0.592.